The van der Waals surface area contributed by atoms with Crippen molar-refractivity contribution in [3.63, 3.8) is 0 Å². The lowest BCUT2D eigenvalue weighted by Crippen LogP contribution is -2.33. The van der Waals surface area contributed by atoms with Gasteiger partial charge in [0, 0.05) is 18.5 Å². The fourth-order valence-corrected chi connectivity index (χ4v) is 2.80. The van der Waals surface area contributed by atoms with E-state index in [2.05, 4.69) is 49.5 Å². The van der Waals surface area contributed by atoms with Crippen LogP contribution in [0.25, 0.3) is 0 Å². The van der Waals surface area contributed by atoms with E-state index in [0.29, 0.717) is 12.1 Å². The minimum Gasteiger partial charge on any atom is -0.469 e. The van der Waals surface area contributed by atoms with E-state index < -0.39 is 0 Å². The summed E-state index contributed by atoms with van der Waals surface area (Å²) in [5.74, 6) is 1.86. The van der Waals surface area contributed by atoms with Crippen LogP contribution >= 0.6 is 0 Å². The second kappa shape index (κ2) is 5.84. The Bertz CT molecular complexity index is 525. The van der Waals surface area contributed by atoms with Crippen molar-refractivity contribution in [1.82, 2.24) is 5.32 Å². The number of nitrogens with one attached hydrogen (secondary N) is 1. The van der Waals surface area contributed by atoms with Crippen LogP contribution in [0.2, 0.25) is 0 Å². The predicted octanol–water partition coefficient (Wildman–Crippen LogP) is 4.26. The second-order valence-corrected chi connectivity index (χ2v) is 6.08. The van der Waals surface area contributed by atoms with Gasteiger partial charge in [-0.3, -0.25) is 0 Å². The van der Waals surface area contributed by atoms with Gasteiger partial charge in [0.15, 0.2) is 0 Å². The maximum atomic E-state index is 5.44. The third kappa shape index (κ3) is 3.31. The molecule has 2 unspecified atom stereocenters. The van der Waals surface area contributed by atoms with Crippen molar-refractivity contribution < 1.29 is 4.42 Å². The lowest BCUT2D eigenvalue weighted by molar-refractivity contribution is 0.393. The summed E-state index contributed by atoms with van der Waals surface area (Å²) in [7, 11) is 0. The van der Waals surface area contributed by atoms with Crippen LogP contribution in [0.15, 0.2) is 47.1 Å². The van der Waals surface area contributed by atoms with Gasteiger partial charge in [-0.15, -0.1) is 0 Å². The summed E-state index contributed by atoms with van der Waals surface area (Å²) in [6, 6.07) is 13.9. The first-order valence-corrected chi connectivity index (χ1v) is 7.57. The highest BCUT2D eigenvalue weighted by Crippen LogP contribution is 2.41. The molecular weight excluding hydrogens is 246 g/mol. The minimum atomic E-state index is 0.424. The van der Waals surface area contributed by atoms with Gasteiger partial charge in [-0.05, 0) is 50.3 Å². The van der Waals surface area contributed by atoms with E-state index in [9.17, 15) is 0 Å². The largest absolute Gasteiger partial charge is 0.469 e. The van der Waals surface area contributed by atoms with Crippen molar-refractivity contribution in [2.45, 2.75) is 45.2 Å². The van der Waals surface area contributed by atoms with Crippen LogP contribution in [0.1, 0.15) is 42.7 Å². The molecule has 2 aromatic rings. The molecule has 0 radical (unpaired) electrons. The molecule has 2 atom stereocenters. The van der Waals surface area contributed by atoms with Gasteiger partial charge in [-0.25, -0.2) is 0 Å². The summed E-state index contributed by atoms with van der Waals surface area (Å²) in [5.41, 5.74) is 2.75. The van der Waals surface area contributed by atoms with Gasteiger partial charge in [0.1, 0.15) is 5.76 Å². The zero-order valence-corrected chi connectivity index (χ0v) is 12.3. The lowest BCUT2D eigenvalue weighted by Gasteiger charge is -2.23. The Morgan fingerprint density at radius 3 is 2.55 bits per heavy atom. The van der Waals surface area contributed by atoms with Gasteiger partial charge < -0.3 is 9.73 Å². The summed E-state index contributed by atoms with van der Waals surface area (Å²) in [6.07, 6.45) is 5.39. The number of aryl methyl sites for hydroxylation is 1. The van der Waals surface area contributed by atoms with Crippen LogP contribution in [0.3, 0.4) is 0 Å². The zero-order chi connectivity index (χ0) is 13.9. The Balaban J connectivity index is 1.66. The third-order valence-corrected chi connectivity index (χ3v) is 4.08. The van der Waals surface area contributed by atoms with E-state index in [-0.39, 0.29) is 0 Å². The Morgan fingerprint density at radius 1 is 1.20 bits per heavy atom. The van der Waals surface area contributed by atoms with E-state index in [1.165, 1.54) is 24.0 Å². The standard InChI is InChI=1S/C18H23NO/c1-13-5-7-15(8-6-13)18(16-9-10-16)19-14(2)12-17-4-3-11-20-17/h3-8,11,14,16,18-19H,9-10,12H2,1-2H3. The molecule has 0 amide bonds. The average Bonchev–Trinajstić information content (AvgIpc) is 3.16. The van der Waals surface area contributed by atoms with Crippen LogP contribution in [-0.2, 0) is 6.42 Å². The summed E-state index contributed by atoms with van der Waals surface area (Å²) in [4.78, 5) is 0. The first-order chi connectivity index (χ1) is 9.72. The third-order valence-electron chi connectivity index (χ3n) is 4.08. The van der Waals surface area contributed by atoms with Crippen molar-refractivity contribution in [2.24, 2.45) is 5.92 Å². The van der Waals surface area contributed by atoms with Crippen LogP contribution < -0.4 is 5.32 Å². The quantitative estimate of drug-likeness (QED) is 0.847. The van der Waals surface area contributed by atoms with Crippen LogP contribution in [0, 0.1) is 12.8 Å². The molecule has 1 aliphatic rings. The summed E-state index contributed by atoms with van der Waals surface area (Å²) in [5, 5.41) is 3.79. The molecule has 0 aliphatic heterocycles. The summed E-state index contributed by atoms with van der Waals surface area (Å²) < 4.78 is 5.44. The average molecular weight is 269 g/mol. The first kappa shape index (κ1) is 13.4. The SMILES string of the molecule is Cc1ccc(C(NC(C)Cc2ccco2)C2CC2)cc1. The highest BCUT2D eigenvalue weighted by atomic mass is 16.3. The molecule has 1 N–H and O–H groups in total. The predicted molar refractivity (Wildman–Crippen MR) is 81.7 cm³/mol. The molecule has 1 aromatic heterocycles. The number of benzene rings is 1. The monoisotopic (exact) mass is 269 g/mol. The molecule has 1 fully saturated rings. The normalized spacial score (nSPS) is 17.9. The van der Waals surface area contributed by atoms with Crippen molar-refractivity contribution in [3.8, 4) is 0 Å². The highest BCUT2D eigenvalue weighted by molar-refractivity contribution is 5.25. The number of rotatable bonds is 6. The van der Waals surface area contributed by atoms with E-state index in [1.54, 1.807) is 6.26 Å². The molecule has 1 heterocycles. The second-order valence-electron chi connectivity index (χ2n) is 6.08. The molecule has 1 saturated carbocycles. The van der Waals surface area contributed by atoms with Crippen molar-refractivity contribution in [1.29, 1.82) is 0 Å². The van der Waals surface area contributed by atoms with E-state index in [1.807, 2.05) is 6.07 Å². The fourth-order valence-electron chi connectivity index (χ4n) is 2.80. The Kier molecular flexibility index (Phi) is 3.93. The van der Waals surface area contributed by atoms with Crippen LogP contribution in [-0.4, -0.2) is 6.04 Å². The van der Waals surface area contributed by atoms with Gasteiger partial charge in [-0.2, -0.15) is 0 Å². The summed E-state index contributed by atoms with van der Waals surface area (Å²) in [6.45, 7) is 4.38. The van der Waals surface area contributed by atoms with Crippen LogP contribution in [0.5, 0.6) is 0 Å². The molecule has 1 aromatic carbocycles. The number of hydrogen-bond acceptors (Lipinski definition) is 2. The molecule has 2 nitrogen and oxygen atoms in total. The molecule has 0 bridgehead atoms. The maximum Gasteiger partial charge on any atom is 0.105 e. The molecule has 3 rings (SSSR count). The molecule has 20 heavy (non-hydrogen) atoms. The lowest BCUT2D eigenvalue weighted by atomic mass is 9.99. The highest BCUT2D eigenvalue weighted by Gasteiger charge is 2.32. The summed E-state index contributed by atoms with van der Waals surface area (Å²) >= 11 is 0. The number of furan rings is 1. The fraction of sp³-hybridized carbons (Fsp3) is 0.444. The van der Waals surface area contributed by atoms with Crippen molar-refractivity contribution in [3.05, 3.63) is 59.5 Å². The maximum absolute atomic E-state index is 5.44. The van der Waals surface area contributed by atoms with Gasteiger partial charge >= 0.3 is 0 Å². The minimum absolute atomic E-state index is 0.424. The van der Waals surface area contributed by atoms with E-state index in [4.69, 9.17) is 4.42 Å². The smallest absolute Gasteiger partial charge is 0.105 e. The Hall–Kier alpha value is -1.54. The number of hydrogen-bond donors (Lipinski definition) is 1. The molecule has 0 saturated heterocycles. The van der Waals surface area contributed by atoms with Crippen molar-refractivity contribution in [2.75, 3.05) is 0 Å². The zero-order valence-electron chi connectivity index (χ0n) is 12.3. The molecule has 106 valence electrons. The van der Waals surface area contributed by atoms with E-state index in [0.717, 1.165) is 18.1 Å². The van der Waals surface area contributed by atoms with Gasteiger partial charge in [0.25, 0.3) is 0 Å². The molecule has 0 spiro atoms. The first-order valence-electron chi connectivity index (χ1n) is 7.57. The molecular formula is C18H23NO. The van der Waals surface area contributed by atoms with Crippen LogP contribution in [0.4, 0.5) is 0 Å². The van der Waals surface area contributed by atoms with Gasteiger partial charge in [0.05, 0.1) is 6.26 Å². The van der Waals surface area contributed by atoms with Gasteiger partial charge in [-0.1, -0.05) is 29.8 Å². The van der Waals surface area contributed by atoms with Crippen molar-refractivity contribution >= 4 is 0 Å². The Labute approximate surface area is 121 Å². The van der Waals surface area contributed by atoms with Gasteiger partial charge in [0.2, 0.25) is 0 Å². The van der Waals surface area contributed by atoms with E-state index >= 15 is 0 Å². The topological polar surface area (TPSA) is 25.2 Å². The Morgan fingerprint density at radius 2 is 1.95 bits per heavy atom. The molecule has 1 aliphatic carbocycles. The molecule has 2 heteroatoms.